The summed E-state index contributed by atoms with van der Waals surface area (Å²) in [5.41, 5.74) is 1.23. The Morgan fingerprint density at radius 3 is 2.17 bits per heavy atom. The molecule has 1 heteroatoms. The highest BCUT2D eigenvalue weighted by Gasteiger charge is 1.87. The molecule has 2 aromatic rings. The predicted molar refractivity (Wildman–Crippen MR) is 81.8 cm³/mol. The maximum atomic E-state index is 2.18. The third-order valence-electron chi connectivity index (χ3n) is 2.42. The van der Waals surface area contributed by atoms with Gasteiger partial charge in [0.05, 0.1) is 0 Å². The van der Waals surface area contributed by atoms with Gasteiger partial charge in [-0.05, 0) is 17.7 Å². The predicted octanol–water partition coefficient (Wildman–Crippen LogP) is 5.05. The molecular weight excluding hydrogens is 236 g/mol. The average Bonchev–Trinajstić information content (AvgIpc) is 2.45. The van der Waals surface area contributed by atoms with Crippen LogP contribution < -0.4 is 0 Å². The van der Waals surface area contributed by atoms with Gasteiger partial charge in [-0.2, -0.15) is 0 Å². The van der Waals surface area contributed by atoms with E-state index in [2.05, 4.69) is 72.8 Å². The van der Waals surface area contributed by atoms with Gasteiger partial charge in [-0.3, -0.25) is 0 Å². The monoisotopic (exact) mass is 252 g/mol. The summed E-state index contributed by atoms with van der Waals surface area (Å²) in [7, 11) is 0. The molecule has 90 valence electrons. The van der Waals surface area contributed by atoms with E-state index in [1.54, 1.807) is 0 Å². The molecule has 0 aliphatic heterocycles. The zero-order valence-electron chi connectivity index (χ0n) is 10.2. The van der Waals surface area contributed by atoms with Crippen molar-refractivity contribution >= 4 is 17.8 Å². The first-order chi connectivity index (χ1) is 8.95. The van der Waals surface area contributed by atoms with Crippen molar-refractivity contribution in [2.45, 2.75) is 4.90 Å². The quantitative estimate of drug-likeness (QED) is 0.530. The molecule has 0 saturated heterocycles. The van der Waals surface area contributed by atoms with Crippen LogP contribution in [0.2, 0.25) is 0 Å². The van der Waals surface area contributed by atoms with Crippen molar-refractivity contribution in [1.29, 1.82) is 0 Å². The van der Waals surface area contributed by atoms with Gasteiger partial charge in [-0.1, -0.05) is 72.8 Å². The van der Waals surface area contributed by atoms with Gasteiger partial charge in [0.25, 0.3) is 0 Å². The van der Waals surface area contributed by atoms with Crippen LogP contribution in [0.4, 0.5) is 0 Å². The van der Waals surface area contributed by atoms with Crippen LogP contribution in [0.15, 0.2) is 83.8 Å². The maximum Gasteiger partial charge on any atom is 0.0163 e. The van der Waals surface area contributed by atoms with Crippen molar-refractivity contribution < 1.29 is 0 Å². The van der Waals surface area contributed by atoms with Crippen LogP contribution in [0.1, 0.15) is 5.56 Å². The second kappa shape index (κ2) is 7.57. The molecule has 0 spiro atoms. The second-order valence-electron chi connectivity index (χ2n) is 3.82. The zero-order valence-corrected chi connectivity index (χ0v) is 11.0. The molecule has 0 aromatic heterocycles. The number of benzene rings is 2. The number of hydrogen-bond donors (Lipinski definition) is 0. The molecule has 0 unspecified atom stereocenters. The normalized spacial score (nSPS) is 11.3. The minimum atomic E-state index is 1.00. The lowest BCUT2D eigenvalue weighted by Crippen LogP contribution is -1.72. The van der Waals surface area contributed by atoms with Crippen LogP contribution in [0.25, 0.3) is 6.08 Å². The Hall–Kier alpha value is -1.73. The van der Waals surface area contributed by atoms with E-state index in [1.807, 2.05) is 23.9 Å². The molecule has 0 aliphatic rings. The molecule has 18 heavy (non-hydrogen) atoms. The van der Waals surface area contributed by atoms with Crippen LogP contribution in [0.5, 0.6) is 0 Å². The van der Waals surface area contributed by atoms with Crippen LogP contribution in [0, 0.1) is 0 Å². The van der Waals surface area contributed by atoms with Crippen LogP contribution in [0.3, 0.4) is 0 Å². The Kier molecular flexibility index (Phi) is 5.35. The fourth-order valence-electron chi connectivity index (χ4n) is 1.53. The molecule has 2 rings (SSSR count). The summed E-state index contributed by atoms with van der Waals surface area (Å²) in [5.74, 6) is 1.00. The maximum absolute atomic E-state index is 2.18. The van der Waals surface area contributed by atoms with E-state index in [0.717, 1.165) is 5.75 Å². The fraction of sp³-hybridized carbons (Fsp3) is 0.0588. The molecule has 0 fully saturated rings. The fourth-order valence-corrected chi connectivity index (χ4v) is 2.28. The minimum Gasteiger partial charge on any atom is -0.122 e. The molecule has 0 bridgehead atoms. The molecule has 0 nitrogen and oxygen atoms in total. The van der Waals surface area contributed by atoms with E-state index in [0.29, 0.717) is 0 Å². The van der Waals surface area contributed by atoms with E-state index < -0.39 is 0 Å². The van der Waals surface area contributed by atoms with E-state index in [4.69, 9.17) is 0 Å². The van der Waals surface area contributed by atoms with Gasteiger partial charge in [0.1, 0.15) is 0 Å². The Labute approximate surface area is 113 Å². The topological polar surface area (TPSA) is 0 Å². The van der Waals surface area contributed by atoms with Gasteiger partial charge in [0.15, 0.2) is 0 Å². The average molecular weight is 252 g/mol. The van der Waals surface area contributed by atoms with Crippen molar-refractivity contribution in [2.24, 2.45) is 0 Å². The van der Waals surface area contributed by atoms with E-state index in [-0.39, 0.29) is 0 Å². The van der Waals surface area contributed by atoms with Crippen molar-refractivity contribution in [3.05, 3.63) is 84.5 Å². The van der Waals surface area contributed by atoms with Gasteiger partial charge >= 0.3 is 0 Å². The third kappa shape index (κ3) is 4.64. The summed E-state index contributed by atoms with van der Waals surface area (Å²) in [6.07, 6.45) is 8.48. The Morgan fingerprint density at radius 1 is 0.778 bits per heavy atom. The van der Waals surface area contributed by atoms with Crippen molar-refractivity contribution in [3.63, 3.8) is 0 Å². The Bertz CT molecular complexity index is 498. The first kappa shape index (κ1) is 12.7. The third-order valence-corrected chi connectivity index (χ3v) is 3.39. The highest BCUT2D eigenvalue weighted by Crippen LogP contribution is 2.16. The second-order valence-corrected chi connectivity index (χ2v) is 4.92. The smallest absolute Gasteiger partial charge is 0.0163 e. The van der Waals surface area contributed by atoms with E-state index in [9.17, 15) is 0 Å². The molecule has 0 amide bonds. The molecule has 0 saturated carbocycles. The lowest BCUT2D eigenvalue weighted by Gasteiger charge is -1.95. The summed E-state index contributed by atoms with van der Waals surface area (Å²) < 4.78 is 0. The highest BCUT2D eigenvalue weighted by molar-refractivity contribution is 7.99. The summed E-state index contributed by atoms with van der Waals surface area (Å²) >= 11 is 1.85. The highest BCUT2D eigenvalue weighted by atomic mass is 32.2. The van der Waals surface area contributed by atoms with Gasteiger partial charge < -0.3 is 0 Å². The number of hydrogen-bond acceptors (Lipinski definition) is 1. The first-order valence-corrected chi connectivity index (χ1v) is 7.00. The molecule has 0 atom stereocenters. The standard InChI is InChI=1S/C17H16S/c1-4-10-16(11-5-1)12-6-3-9-15-18-17-13-7-2-8-14-17/h1-14H,15H2/b9-3+,12-6+. The lowest BCUT2D eigenvalue weighted by atomic mass is 10.2. The SMILES string of the molecule is C(/C=C/c1ccccc1)=C\CSc1ccccc1. The number of thioether (sulfide) groups is 1. The van der Waals surface area contributed by atoms with Gasteiger partial charge in [0, 0.05) is 10.6 Å². The van der Waals surface area contributed by atoms with Crippen LogP contribution >= 0.6 is 11.8 Å². The van der Waals surface area contributed by atoms with E-state index >= 15 is 0 Å². The first-order valence-electron chi connectivity index (χ1n) is 6.01. The Balaban J connectivity index is 1.74. The largest absolute Gasteiger partial charge is 0.122 e. The molecule has 0 heterocycles. The van der Waals surface area contributed by atoms with Crippen molar-refractivity contribution in [3.8, 4) is 0 Å². The molecule has 0 N–H and O–H groups in total. The van der Waals surface area contributed by atoms with Gasteiger partial charge in [-0.25, -0.2) is 0 Å². The minimum absolute atomic E-state index is 1.00. The molecule has 2 aromatic carbocycles. The summed E-state index contributed by atoms with van der Waals surface area (Å²) in [5, 5.41) is 0. The van der Waals surface area contributed by atoms with Gasteiger partial charge in [0.2, 0.25) is 0 Å². The number of rotatable bonds is 5. The molecule has 0 radical (unpaired) electrons. The summed E-state index contributed by atoms with van der Waals surface area (Å²) in [4.78, 5) is 1.31. The van der Waals surface area contributed by atoms with Crippen molar-refractivity contribution in [1.82, 2.24) is 0 Å². The van der Waals surface area contributed by atoms with Gasteiger partial charge in [-0.15, -0.1) is 11.8 Å². The van der Waals surface area contributed by atoms with Crippen molar-refractivity contribution in [2.75, 3.05) is 5.75 Å². The zero-order chi connectivity index (χ0) is 12.5. The molecular formula is C17H16S. The van der Waals surface area contributed by atoms with Crippen LogP contribution in [-0.2, 0) is 0 Å². The number of allylic oxidation sites excluding steroid dienone is 2. The Morgan fingerprint density at radius 2 is 1.44 bits per heavy atom. The lowest BCUT2D eigenvalue weighted by molar-refractivity contribution is 1.46. The van der Waals surface area contributed by atoms with E-state index in [1.165, 1.54) is 10.5 Å². The summed E-state index contributed by atoms with van der Waals surface area (Å²) in [6, 6.07) is 20.8. The molecule has 0 aliphatic carbocycles. The van der Waals surface area contributed by atoms with Crippen LogP contribution in [-0.4, -0.2) is 5.75 Å². The summed E-state index contributed by atoms with van der Waals surface area (Å²) in [6.45, 7) is 0.